The van der Waals surface area contributed by atoms with E-state index in [1.165, 1.54) is 25.7 Å². The fourth-order valence-electron chi connectivity index (χ4n) is 3.66. The van der Waals surface area contributed by atoms with Crippen LogP contribution in [0.25, 0.3) is 0 Å². The van der Waals surface area contributed by atoms with E-state index in [2.05, 4.69) is 6.58 Å². The second kappa shape index (κ2) is 6.10. The number of hydrogen-bond acceptors (Lipinski definition) is 3. The van der Waals surface area contributed by atoms with Crippen molar-refractivity contribution in [2.75, 3.05) is 12.3 Å². The molecule has 1 saturated heterocycles. The highest BCUT2D eigenvalue weighted by Gasteiger charge is 2.40. The average molecular weight is 287 g/mol. The Hall–Kier alpha value is -1.48. The van der Waals surface area contributed by atoms with Gasteiger partial charge in [-0.1, -0.05) is 18.9 Å². The molecule has 2 aliphatic rings. The highest BCUT2D eigenvalue weighted by Crippen LogP contribution is 2.41. The SMILES string of the molecule is C=CCc1cc(N)ccc1OC1CCOC2(CCCC2)C1. The van der Waals surface area contributed by atoms with E-state index >= 15 is 0 Å². The van der Waals surface area contributed by atoms with Gasteiger partial charge in [0.1, 0.15) is 11.9 Å². The fraction of sp³-hybridized carbons (Fsp3) is 0.556. The van der Waals surface area contributed by atoms with Crippen molar-refractivity contribution in [1.29, 1.82) is 0 Å². The van der Waals surface area contributed by atoms with Gasteiger partial charge in [0, 0.05) is 18.5 Å². The maximum atomic E-state index is 6.30. The van der Waals surface area contributed by atoms with E-state index in [-0.39, 0.29) is 11.7 Å². The second-order valence-electron chi connectivity index (χ2n) is 6.33. The molecular formula is C18H25NO2. The van der Waals surface area contributed by atoms with Crippen LogP contribution in [0.3, 0.4) is 0 Å². The molecule has 1 aliphatic carbocycles. The summed E-state index contributed by atoms with van der Waals surface area (Å²) in [6, 6.07) is 5.89. The summed E-state index contributed by atoms with van der Waals surface area (Å²) < 4.78 is 12.4. The quantitative estimate of drug-likeness (QED) is 0.675. The van der Waals surface area contributed by atoms with Crippen LogP contribution in [-0.2, 0) is 11.2 Å². The topological polar surface area (TPSA) is 44.5 Å². The third-order valence-electron chi connectivity index (χ3n) is 4.70. The summed E-state index contributed by atoms with van der Waals surface area (Å²) in [4.78, 5) is 0. The molecule has 114 valence electrons. The first-order valence-electron chi connectivity index (χ1n) is 8.01. The molecule has 1 atom stereocenters. The first-order valence-corrected chi connectivity index (χ1v) is 8.01. The molecule has 3 nitrogen and oxygen atoms in total. The van der Waals surface area contributed by atoms with Crippen LogP contribution >= 0.6 is 0 Å². The van der Waals surface area contributed by atoms with Crippen molar-refractivity contribution in [1.82, 2.24) is 0 Å². The Morgan fingerprint density at radius 3 is 2.95 bits per heavy atom. The lowest BCUT2D eigenvalue weighted by Gasteiger charge is -2.38. The molecule has 2 N–H and O–H groups in total. The van der Waals surface area contributed by atoms with Gasteiger partial charge < -0.3 is 15.2 Å². The van der Waals surface area contributed by atoms with Gasteiger partial charge >= 0.3 is 0 Å². The van der Waals surface area contributed by atoms with Gasteiger partial charge in [-0.3, -0.25) is 0 Å². The van der Waals surface area contributed by atoms with Gasteiger partial charge in [-0.05, 0) is 43.0 Å². The predicted molar refractivity (Wildman–Crippen MR) is 85.6 cm³/mol. The van der Waals surface area contributed by atoms with Crippen molar-refractivity contribution in [2.24, 2.45) is 0 Å². The van der Waals surface area contributed by atoms with Gasteiger partial charge in [-0.2, -0.15) is 0 Å². The molecule has 3 rings (SSSR count). The molecule has 1 heterocycles. The maximum absolute atomic E-state index is 6.30. The van der Waals surface area contributed by atoms with Crippen LogP contribution in [-0.4, -0.2) is 18.3 Å². The molecule has 1 unspecified atom stereocenters. The van der Waals surface area contributed by atoms with Crippen LogP contribution in [0.5, 0.6) is 5.75 Å². The van der Waals surface area contributed by atoms with E-state index in [9.17, 15) is 0 Å². The summed E-state index contributed by atoms with van der Waals surface area (Å²) in [7, 11) is 0. The molecule has 1 aliphatic heterocycles. The first-order chi connectivity index (χ1) is 10.2. The molecule has 0 amide bonds. The van der Waals surface area contributed by atoms with E-state index in [4.69, 9.17) is 15.2 Å². The zero-order valence-corrected chi connectivity index (χ0v) is 12.6. The lowest BCUT2D eigenvalue weighted by Crippen LogP contribution is -2.41. The van der Waals surface area contributed by atoms with Gasteiger partial charge in [0.05, 0.1) is 12.2 Å². The minimum atomic E-state index is 0.0926. The summed E-state index contributed by atoms with van der Waals surface area (Å²) in [5, 5.41) is 0. The molecule has 0 radical (unpaired) electrons. The summed E-state index contributed by atoms with van der Waals surface area (Å²) in [5.74, 6) is 0.948. The van der Waals surface area contributed by atoms with Crippen LogP contribution < -0.4 is 10.5 Å². The molecule has 0 aromatic heterocycles. The molecule has 1 spiro atoms. The van der Waals surface area contributed by atoms with Gasteiger partial charge in [0.2, 0.25) is 0 Å². The number of anilines is 1. The zero-order valence-electron chi connectivity index (χ0n) is 12.6. The molecule has 2 fully saturated rings. The van der Waals surface area contributed by atoms with Crippen molar-refractivity contribution in [3.05, 3.63) is 36.4 Å². The van der Waals surface area contributed by atoms with Crippen LogP contribution in [0.4, 0.5) is 5.69 Å². The molecule has 21 heavy (non-hydrogen) atoms. The molecule has 1 aromatic rings. The molecule has 0 bridgehead atoms. The number of benzene rings is 1. The smallest absolute Gasteiger partial charge is 0.123 e. The zero-order chi connectivity index (χ0) is 14.7. The Morgan fingerprint density at radius 2 is 2.19 bits per heavy atom. The van der Waals surface area contributed by atoms with Crippen molar-refractivity contribution in [3.63, 3.8) is 0 Å². The van der Waals surface area contributed by atoms with E-state index in [1.807, 2.05) is 24.3 Å². The van der Waals surface area contributed by atoms with Gasteiger partial charge in [0.15, 0.2) is 0 Å². The van der Waals surface area contributed by atoms with E-state index < -0.39 is 0 Å². The Bertz CT molecular complexity index is 506. The van der Waals surface area contributed by atoms with Crippen molar-refractivity contribution in [2.45, 2.75) is 56.7 Å². The summed E-state index contributed by atoms with van der Waals surface area (Å²) in [5.41, 5.74) is 7.87. The first kappa shape index (κ1) is 14.5. The summed E-state index contributed by atoms with van der Waals surface area (Å²) in [6.07, 6.45) is 9.88. The highest BCUT2D eigenvalue weighted by molar-refractivity contribution is 5.48. The number of hydrogen-bond donors (Lipinski definition) is 1. The average Bonchev–Trinajstić information content (AvgIpc) is 2.90. The second-order valence-corrected chi connectivity index (χ2v) is 6.33. The van der Waals surface area contributed by atoms with Crippen LogP contribution in [0.15, 0.2) is 30.9 Å². The van der Waals surface area contributed by atoms with E-state index in [1.54, 1.807) is 0 Å². The van der Waals surface area contributed by atoms with Gasteiger partial charge in [0.25, 0.3) is 0 Å². The minimum Gasteiger partial charge on any atom is -0.490 e. The number of rotatable bonds is 4. The third-order valence-corrected chi connectivity index (χ3v) is 4.70. The molecule has 3 heteroatoms. The Labute approximate surface area is 127 Å². The van der Waals surface area contributed by atoms with E-state index in [0.29, 0.717) is 0 Å². The molecule has 1 saturated carbocycles. The standard InChI is InChI=1S/C18H25NO2/c1-2-5-14-12-15(19)6-7-17(14)21-16-8-11-20-18(13-16)9-3-4-10-18/h2,6-7,12,16H,1,3-5,8-11,13,19H2. The van der Waals surface area contributed by atoms with Crippen LogP contribution in [0.2, 0.25) is 0 Å². The summed E-state index contributed by atoms with van der Waals surface area (Å²) >= 11 is 0. The Balaban J connectivity index is 1.72. The monoisotopic (exact) mass is 287 g/mol. The number of nitrogens with two attached hydrogens (primary N) is 1. The van der Waals surface area contributed by atoms with Crippen molar-refractivity contribution in [3.8, 4) is 5.75 Å². The van der Waals surface area contributed by atoms with Gasteiger partial charge in [-0.25, -0.2) is 0 Å². The maximum Gasteiger partial charge on any atom is 0.123 e. The number of ether oxygens (including phenoxy) is 2. The van der Waals surface area contributed by atoms with Gasteiger partial charge in [-0.15, -0.1) is 6.58 Å². The fourth-order valence-corrected chi connectivity index (χ4v) is 3.66. The van der Waals surface area contributed by atoms with Crippen LogP contribution in [0.1, 0.15) is 44.1 Å². The Kier molecular flexibility index (Phi) is 4.20. The molecule has 1 aromatic carbocycles. The van der Waals surface area contributed by atoms with E-state index in [0.717, 1.165) is 42.9 Å². The molecular weight excluding hydrogens is 262 g/mol. The predicted octanol–water partition coefficient (Wildman–Crippen LogP) is 3.87. The lowest BCUT2D eigenvalue weighted by atomic mass is 9.90. The lowest BCUT2D eigenvalue weighted by molar-refractivity contribution is -0.108. The number of allylic oxidation sites excluding steroid dienone is 1. The highest BCUT2D eigenvalue weighted by atomic mass is 16.5. The number of nitrogen functional groups attached to an aromatic ring is 1. The Morgan fingerprint density at radius 1 is 1.38 bits per heavy atom. The summed E-state index contributed by atoms with van der Waals surface area (Å²) in [6.45, 7) is 4.63. The minimum absolute atomic E-state index is 0.0926. The van der Waals surface area contributed by atoms with Crippen LogP contribution in [0, 0.1) is 0 Å². The van der Waals surface area contributed by atoms with Crippen molar-refractivity contribution >= 4 is 5.69 Å². The normalized spacial score (nSPS) is 24.1. The third kappa shape index (κ3) is 3.24. The van der Waals surface area contributed by atoms with Crippen molar-refractivity contribution < 1.29 is 9.47 Å². The largest absolute Gasteiger partial charge is 0.490 e.